The van der Waals surface area contributed by atoms with Crippen molar-refractivity contribution in [2.75, 3.05) is 31.5 Å². The predicted octanol–water partition coefficient (Wildman–Crippen LogP) is -0.459. The summed E-state index contributed by atoms with van der Waals surface area (Å²) < 4.78 is 14.1. The minimum absolute atomic E-state index is 0.0659. The Kier molecular flexibility index (Phi) is 4.49. The van der Waals surface area contributed by atoms with Crippen molar-refractivity contribution in [1.29, 1.82) is 0 Å². The Morgan fingerprint density at radius 3 is 3.00 bits per heavy atom. The second-order valence-electron chi connectivity index (χ2n) is 4.38. The van der Waals surface area contributed by atoms with E-state index in [4.69, 9.17) is 0 Å². The van der Waals surface area contributed by atoms with Crippen LogP contribution in [0.5, 0.6) is 0 Å². The number of carbonyl (C=O) groups is 2. The number of hydrogen-bond donors (Lipinski definition) is 3. The fourth-order valence-corrected chi connectivity index (χ4v) is 2.25. The summed E-state index contributed by atoms with van der Waals surface area (Å²) in [6.07, 6.45) is 0. The van der Waals surface area contributed by atoms with E-state index >= 15 is 0 Å². The molecule has 1 aliphatic heterocycles. The third-order valence-corrected chi connectivity index (χ3v) is 3.32. The maximum Gasteiger partial charge on any atom is 0.279 e. The van der Waals surface area contributed by atoms with Crippen molar-refractivity contribution in [2.45, 2.75) is 0 Å². The lowest BCUT2D eigenvalue weighted by Gasteiger charge is -2.22. The van der Waals surface area contributed by atoms with Crippen LogP contribution in [0.1, 0.15) is 0 Å². The van der Waals surface area contributed by atoms with Gasteiger partial charge in [0.2, 0.25) is 0 Å². The number of amides is 2. The molecule has 2 rings (SSSR count). The summed E-state index contributed by atoms with van der Waals surface area (Å²) in [6.45, 7) is 1.69. The van der Waals surface area contributed by atoms with Gasteiger partial charge in [-0.15, -0.1) is 0 Å². The van der Waals surface area contributed by atoms with Crippen molar-refractivity contribution in [3.05, 3.63) is 28.5 Å². The Labute approximate surface area is 118 Å². The van der Waals surface area contributed by atoms with E-state index in [-0.39, 0.29) is 30.6 Å². The second-order valence-corrected chi connectivity index (χ2v) is 5.29. The average molecular weight is 331 g/mol. The molecule has 1 aromatic carbocycles. The summed E-state index contributed by atoms with van der Waals surface area (Å²) in [5.41, 5.74) is 0.147. The minimum atomic E-state index is -0.492. The summed E-state index contributed by atoms with van der Waals surface area (Å²) in [5.74, 6) is -0.857. The first-order valence-electron chi connectivity index (χ1n) is 5.90. The average Bonchev–Trinajstić information content (AvgIpc) is 2.33. The lowest BCUT2D eigenvalue weighted by atomic mass is 10.3. The zero-order valence-electron chi connectivity index (χ0n) is 10.1. The number of benzene rings is 1. The van der Waals surface area contributed by atoms with Crippen LogP contribution in [0.4, 0.5) is 10.1 Å². The van der Waals surface area contributed by atoms with Crippen molar-refractivity contribution in [3.8, 4) is 0 Å². The molecular formula is C12H14BrFN3O2+. The Morgan fingerprint density at radius 1 is 1.53 bits per heavy atom. The fourth-order valence-electron chi connectivity index (χ4n) is 1.92. The highest BCUT2D eigenvalue weighted by molar-refractivity contribution is 9.10. The quantitative estimate of drug-likeness (QED) is 0.702. The Morgan fingerprint density at radius 2 is 2.32 bits per heavy atom. The van der Waals surface area contributed by atoms with Gasteiger partial charge in [-0.1, -0.05) is 15.9 Å². The molecule has 0 spiro atoms. The van der Waals surface area contributed by atoms with Crippen LogP contribution in [0.3, 0.4) is 0 Å². The molecule has 0 bridgehead atoms. The molecule has 19 heavy (non-hydrogen) atoms. The van der Waals surface area contributed by atoms with Crippen molar-refractivity contribution < 1.29 is 18.9 Å². The van der Waals surface area contributed by atoms with Gasteiger partial charge in [-0.05, 0) is 18.2 Å². The van der Waals surface area contributed by atoms with Gasteiger partial charge in [0, 0.05) is 4.47 Å². The van der Waals surface area contributed by atoms with Crippen molar-refractivity contribution >= 4 is 33.4 Å². The molecule has 7 heteroatoms. The van der Waals surface area contributed by atoms with Gasteiger partial charge in [0.25, 0.3) is 11.8 Å². The highest BCUT2D eigenvalue weighted by atomic mass is 79.9. The lowest BCUT2D eigenvalue weighted by molar-refractivity contribution is -0.885. The molecule has 0 radical (unpaired) electrons. The van der Waals surface area contributed by atoms with E-state index in [2.05, 4.69) is 26.6 Å². The Hall–Kier alpha value is -1.47. The number of piperazine rings is 1. The van der Waals surface area contributed by atoms with Crippen LogP contribution in [-0.2, 0) is 9.59 Å². The molecule has 5 nitrogen and oxygen atoms in total. The summed E-state index contributed by atoms with van der Waals surface area (Å²) in [7, 11) is 0. The Bertz CT molecular complexity index is 510. The van der Waals surface area contributed by atoms with E-state index in [0.29, 0.717) is 17.6 Å². The zero-order valence-corrected chi connectivity index (χ0v) is 11.7. The number of rotatable bonds is 3. The van der Waals surface area contributed by atoms with Gasteiger partial charge in [0.1, 0.15) is 5.82 Å². The molecule has 0 aliphatic carbocycles. The van der Waals surface area contributed by atoms with Crippen molar-refractivity contribution in [1.82, 2.24) is 5.32 Å². The maximum absolute atomic E-state index is 13.5. The van der Waals surface area contributed by atoms with Crippen LogP contribution < -0.4 is 15.5 Å². The molecule has 1 aliphatic rings. The van der Waals surface area contributed by atoms with Gasteiger partial charge in [-0.2, -0.15) is 0 Å². The van der Waals surface area contributed by atoms with E-state index in [9.17, 15) is 14.0 Å². The van der Waals surface area contributed by atoms with Crippen LogP contribution >= 0.6 is 15.9 Å². The van der Waals surface area contributed by atoms with Gasteiger partial charge in [-0.3, -0.25) is 9.59 Å². The van der Waals surface area contributed by atoms with E-state index in [1.165, 1.54) is 12.1 Å². The van der Waals surface area contributed by atoms with Gasteiger partial charge in [-0.25, -0.2) is 4.39 Å². The van der Waals surface area contributed by atoms with Gasteiger partial charge in [0.15, 0.2) is 13.1 Å². The molecule has 0 aromatic heterocycles. The largest absolute Gasteiger partial charge is 0.346 e. The number of carbonyl (C=O) groups excluding carboxylic acids is 2. The first-order valence-corrected chi connectivity index (χ1v) is 6.69. The standard InChI is InChI=1S/C12H13BrFN3O2/c13-8-1-2-10(9(14)5-8)16-12(19)7-17-4-3-15-11(18)6-17/h1-2,5H,3-4,6-7H2,(H,15,18)(H,16,19)/p+1. The van der Waals surface area contributed by atoms with Gasteiger partial charge >= 0.3 is 0 Å². The van der Waals surface area contributed by atoms with Gasteiger partial charge in [0.05, 0.1) is 18.8 Å². The first kappa shape index (κ1) is 14.0. The smallest absolute Gasteiger partial charge is 0.279 e. The van der Waals surface area contributed by atoms with E-state index in [0.717, 1.165) is 4.90 Å². The number of nitrogens with one attached hydrogen (secondary N) is 3. The topological polar surface area (TPSA) is 62.6 Å². The molecule has 3 N–H and O–H groups in total. The highest BCUT2D eigenvalue weighted by Gasteiger charge is 2.22. The van der Waals surface area contributed by atoms with Crippen LogP contribution in [0.15, 0.2) is 22.7 Å². The van der Waals surface area contributed by atoms with Crippen molar-refractivity contribution in [3.63, 3.8) is 0 Å². The molecule has 1 atom stereocenters. The fraction of sp³-hybridized carbons (Fsp3) is 0.333. The number of hydrogen-bond acceptors (Lipinski definition) is 2. The molecular weight excluding hydrogens is 317 g/mol. The van der Waals surface area contributed by atoms with Crippen LogP contribution in [0, 0.1) is 5.82 Å². The number of quaternary nitrogens is 1. The number of halogens is 2. The molecule has 1 unspecified atom stereocenters. The lowest BCUT2D eigenvalue weighted by Crippen LogP contribution is -3.16. The van der Waals surface area contributed by atoms with Crippen LogP contribution in [0.2, 0.25) is 0 Å². The third kappa shape index (κ3) is 4.00. The van der Waals surface area contributed by atoms with E-state index in [1.54, 1.807) is 6.07 Å². The van der Waals surface area contributed by atoms with E-state index < -0.39 is 5.82 Å². The summed E-state index contributed by atoms with van der Waals surface area (Å²) in [5, 5.41) is 5.21. The van der Waals surface area contributed by atoms with Crippen LogP contribution in [0.25, 0.3) is 0 Å². The molecule has 1 heterocycles. The van der Waals surface area contributed by atoms with Gasteiger partial charge < -0.3 is 15.5 Å². The minimum Gasteiger partial charge on any atom is -0.346 e. The van der Waals surface area contributed by atoms with Crippen molar-refractivity contribution in [2.24, 2.45) is 0 Å². The molecule has 1 saturated heterocycles. The maximum atomic E-state index is 13.5. The van der Waals surface area contributed by atoms with Crippen LogP contribution in [-0.4, -0.2) is 38.0 Å². The second kappa shape index (κ2) is 6.12. The SMILES string of the molecule is O=C1C[NH+](CC(=O)Nc2ccc(Br)cc2F)CCN1. The predicted molar refractivity (Wildman–Crippen MR) is 71.3 cm³/mol. The van der Waals surface area contributed by atoms with E-state index in [1.807, 2.05) is 0 Å². The third-order valence-electron chi connectivity index (χ3n) is 2.83. The number of anilines is 1. The molecule has 0 saturated carbocycles. The Balaban J connectivity index is 1.92. The zero-order chi connectivity index (χ0) is 13.8. The molecule has 102 valence electrons. The monoisotopic (exact) mass is 330 g/mol. The molecule has 1 fully saturated rings. The summed E-state index contributed by atoms with van der Waals surface area (Å²) in [4.78, 5) is 23.8. The summed E-state index contributed by atoms with van der Waals surface area (Å²) in [6, 6.07) is 4.44. The molecule has 2 amide bonds. The molecule has 1 aromatic rings. The first-order chi connectivity index (χ1) is 9.04. The highest BCUT2D eigenvalue weighted by Crippen LogP contribution is 2.18. The summed E-state index contributed by atoms with van der Waals surface area (Å²) >= 11 is 3.15. The normalized spacial score (nSPS) is 18.8.